The highest BCUT2D eigenvalue weighted by molar-refractivity contribution is 5.97. The van der Waals surface area contributed by atoms with Gasteiger partial charge in [-0.1, -0.05) is 36.4 Å². The number of quaternary nitrogens is 1. The first-order valence-corrected chi connectivity index (χ1v) is 12.8. The van der Waals surface area contributed by atoms with E-state index >= 15 is 8.78 Å². The molecule has 0 saturated carbocycles. The zero-order valence-corrected chi connectivity index (χ0v) is 22.9. The number of rotatable bonds is 7. The highest BCUT2D eigenvalue weighted by Gasteiger charge is 2.74. The molecule has 41 heavy (non-hydrogen) atoms. The molecule has 1 saturated heterocycles. The van der Waals surface area contributed by atoms with Crippen LogP contribution in [0.25, 0.3) is 0 Å². The first-order chi connectivity index (χ1) is 18.8. The third-order valence-electron chi connectivity index (χ3n) is 8.09. The summed E-state index contributed by atoms with van der Waals surface area (Å²) in [5.74, 6) is -6.19. The molecule has 1 aliphatic heterocycles. The van der Waals surface area contributed by atoms with E-state index in [1.807, 2.05) is 0 Å². The van der Waals surface area contributed by atoms with Gasteiger partial charge >= 0.3 is 24.0 Å². The summed E-state index contributed by atoms with van der Waals surface area (Å²) in [6.45, 7) is 1.40. The average Bonchev–Trinajstić information content (AvgIpc) is 3.04. The number of hydrogen-bond acceptors (Lipinski definition) is 5. The van der Waals surface area contributed by atoms with Gasteiger partial charge in [-0.3, -0.25) is 10.1 Å². The van der Waals surface area contributed by atoms with Crippen LogP contribution in [-0.2, 0) is 11.2 Å². The minimum atomic E-state index is -4.90. The lowest BCUT2D eigenvalue weighted by Gasteiger charge is -2.37. The van der Waals surface area contributed by atoms with Gasteiger partial charge in [0.05, 0.1) is 11.5 Å². The van der Waals surface area contributed by atoms with Crippen LogP contribution in [0.1, 0.15) is 42.3 Å². The van der Waals surface area contributed by atoms with Crippen LogP contribution in [0.3, 0.4) is 0 Å². The van der Waals surface area contributed by atoms with Crippen molar-refractivity contribution in [2.45, 2.75) is 64.4 Å². The van der Waals surface area contributed by atoms with Gasteiger partial charge in [0.15, 0.2) is 12.6 Å². The molecule has 0 radical (unpaired) electrons. The second kappa shape index (κ2) is 11.4. The first-order valence-electron chi connectivity index (χ1n) is 12.8. The van der Waals surface area contributed by atoms with E-state index in [-0.39, 0.29) is 23.3 Å². The van der Waals surface area contributed by atoms with Crippen LogP contribution < -0.4 is 10.6 Å². The van der Waals surface area contributed by atoms with Gasteiger partial charge in [-0.05, 0) is 51.8 Å². The Kier molecular flexibility index (Phi) is 8.85. The summed E-state index contributed by atoms with van der Waals surface area (Å²) < 4.78 is 67.5. The van der Waals surface area contributed by atoms with E-state index in [9.17, 15) is 37.8 Å². The molecule has 1 fully saturated rings. The lowest BCUT2D eigenvalue weighted by Crippen LogP contribution is -2.69. The molecule has 1 unspecified atom stereocenters. The number of carbonyl (C=O) groups excluding carboxylic acids is 3. The molecule has 0 spiro atoms. The van der Waals surface area contributed by atoms with Crippen LogP contribution in [0.5, 0.6) is 5.75 Å². The molecular formula is C28H33F5N3O5+. The highest BCUT2D eigenvalue weighted by atomic mass is 19.4. The quantitative estimate of drug-likeness (QED) is 0.288. The Balaban J connectivity index is 2.06. The van der Waals surface area contributed by atoms with Gasteiger partial charge in [0.1, 0.15) is 18.3 Å². The molecule has 1 aliphatic rings. The Morgan fingerprint density at radius 3 is 2.22 bits per heavy atom. The Morgan fingerprint density at radius 1 is 1.07 bits per heavy atom. The maximum absolute atomic E-state index is 15.2. The maximum atomic E-state index is 15.2. The molecule has 0 aromatic heterocycles. The van der Waals surface area contributed by atoms with Crippen molar-refractivity contribution in [2.24, 2.45) is 5.41 Å². The number of likely N-dealkylation sites (tertiary alicyclic amines) is 1. The van der Waals surface area contributed by atoms with E-state index in [0.717, 1.165) is 20.8 Å². The number of benzene rings is 2. The van der Waals surface area contributed by atoms with Crippen molar-refractivity contribution >= 4 is 17.8 Å². The number of alkyl halides is 5. The van der Waals surface area contributed by atoms with Crippen molar-refractivity contribution in [2.75, 3.05) is 13.1 Å². The van der Waals surface area contributed by atoms with Crippen molar-refractivity contribution in [3.63, 3.8) is 0 Å². The van der Waals surface area contributed by atoms with Crippen LogP contribution in [0.2, 0.25) is 0 Å². The van der Waals surface area contributed by atoms with E-state index in [4.69, 9.17) is 0 Å². The Labute approximate surface area is 233 Å². The Hall–Kier alpha value is -3.58. The van der Waals surface area contributed by atoms with Gasteiger partial charge in [0.25, 0.3) is 5.91 Å². The van der Waals surface area contributed by atoms with Gasteiger partial charge in [-0.2, -0.15) is 26.4 Å². The summed E-state index contributed by atoms with van der Waals surface area (Å²) in [7, 11) is 0. The fraction of sp³-hybridized carbons (Fsp3) is 0.464. The van der Waals surface area contributed by atoms with Crippen molar-refractivity contribution < 1.29 is 51.0 Å². The summed E-state index contributed by atoms with van der Waals surface area (Å²) in [4.78, 5) is 40.4. The standard InChI is InChI=1S/C28H32F5N3O5/c1-16-19(11-8-12-21(16)37)23(39)35-20(13-18-9-6-5-7-10-18)22(38)24(40)36(25(41)34-14-28(31,32)33)15-27(29,30)26(3,4)17(36)2/h5-12,17,20,22,38H,13-15H2,1-4H3,(H2-,34,35,37,39,41)/p+1/t17-,20+,22+,36?/m1/s1. The molecule has 13 heteroatoms. The second-order valence-corrected chi connectivity index (χ2v) is 10.9. The molecule has 4 N–H and O–H groups in total. The molecule has 3 rings (SSSR count). The number of aliphatic hydroxyl groups excluding tert-OH is 1. The predicted octanol–water partition coefficient (Wildman–Crippen LogP) is 4.08. The third kappa shape index (κ3) is 6.20. The molecule has 8 nitrogen and oxygen atoms in total. The Morgan fingerprint density at radius 2 is 1.68 bits per heavy atom. The SMILES string of the molecule is Cc1c(O)cccc1C(=O)N[C@@H](Cc1ccccc1)[C@H](O)C(=O)[N+]1(C(=O)NCC(F)(F)F)CC(F)(F)C(C)(C)[C@H]1C. The van der Waals surface area contributed by atoms with E-state index in [1.165, 1.54) is 25.1 Å². The van der Waals surface area contributed by atoms with Gasteiger partial charge in [-0.15, -0.1) is 0 Å². The Bertz CT molecular complexity index is 1300. The second-order valence-electron chi connectivity index (χ2n) is 10.9. The number of aromatic hydroxyl groups is 1. The van der Waals surface area contributed by atoms with E-state index in [2.05, 4.69) is 5.32 Å². The van der Waals surface area contributed by atoms with Crippen LogP contribution in [-0.4, -0.2) is 75.9 Å². The van der Waals surface area contributed by atoms with Crippen LogP contribution in [0.15, 0.2) is 48.5 Å². The van der Waals surface area contributed by atoms with Gasteiger partial charge in [0.2, 0.25) is 0 Å². The predicted molar refractivity (Wildman–Crippen MR) is 138 cm³/mol. The summed E-state index contributed by atoms with van der Waals surface area (Å²) in [5, 5.41) is 25.4. The number of nitrogens with one attached hydrogen (secondary N) is 2. The summed E-state index contributed by atoms with van der Waals surface area (Å²) >= 11 is 0. The van der Waals surface area contributed by atoms with Crippen LogP contribution in [0.4, 0.5) is 26.7 Å². The van der Waals surface area contributed by atoms with Gasteiger partial charge < -0.3 is 15.5 Å². The number of nitrogens with zero attached hydrogens (tertiary/aromatic N) is 1. The van der Waals surface area contributed by atoms with Crippen molar-refractivity contribution in [1.29, 1.82) is 0 Å². The number of urea groups is 1. The third-order valence-corrected chi connectivity index (χ3v) is 8.09. The van der Waals surface area contributed by atoms with Crippen LogP contribution >= 0.6 is 0 Å². The summed E-state index contributed by atoms with van der Waals surface area (Å²) in [6.07, 6.45) is -7.39. The number of carbonyl (C=O) groups is 3. The maximum Gasteiger partial charge on any atom is 0.424 e. The summed E-state index contributed by atoms with van der Waals surface area (Å²) in [6, 6.07) is 7.64. The molecule has 0 bridgehead atoms. The van der Waals surface area contributed by atoms with Gasteiger partial charge in [0, 0.05) is 11.1 Å². The number of phenolic OH excluding ortho intramolecular Hbond substituents is 1. The molecule has 224 valence electrons. The fourth-order valence-corrected chi connectivity index (χ4v) is 5.08. The smallest absolute Gasteiger partial charge is 0.424 e. The monoisotopic (exact) mass is 586 g/mol. The normalized spacial score (nSPS) is 22.9. The molecule has 2 aromatic carbocycles. The lowest BCUT2D eigenvalue weighted by atomic mass is 9.82. The number of aliphatic hydroxyl groups is 1. The average molecular weight is 587 g/mol. The zero-order valence-electron chi connectivity index (χ0n) is 22.9. The van der Waals surface area contributed by atoms with Gasteiger partial charge in [-0.25, -0.2) is 9.59 Å². The molecule has 1 heterocycles. The number of amides is 4. The minimum Gasteiger partial charge on any atom is -0.508 e. The van der Waals surface area contributed by atoms with Crippen LogP contribution in [0, 0.1) is 12.3 Å². The molecule has 4 atom stereocenters. The number of halogens is 5. The number of imide groups is 1. The van der Waals surface area contributed by atoms with E-state index in [0.29, 0.717) is 5.56 Å². The van der Waals surface area contributed by atoms with E-state index < -0.39 is 71.1 Å². The summed E-state index contributed by atoms with van der Waals surface area (Å²) in [5.41, 5.74) is -1.33. The largest absolute Gasteiger partial charge is 0.508 e. The number of hydrogen-bond donors (Lipinski definition) is 4. The minimum absolute atomic E-state index is 0.00302. The highest BCUT2D eigenvalue weighted by Crippen LogP contribution is 2.52. The zero-order chi connectivity index (χ0) is 31.0. The molecule has 0 aliphatic carbocycles. The molecule has 2 aromatic rings. The lowest BCUT2D eigenvalue weighted by molar-refractivity contribution is -0.794. The van der Waals surface area contributed by atoms with Crippen molar-refractivity contribution in [1.82, 2.24) is 10.6 Å². The van der Waals surface area contributed by atoms with Crippen molar-refractivity contribution in [3.05, 3.63) is 65.2 Å². The topological polar surface area (TPSA) is 116 Å². The van der Waals surface area contributed by atoms with E-state index in [1.54, 1.807) is 35.6 Å². The fourth-order valence-electron chi connectivity index (χ4n) is 5.08. The molecular weight excluding hydrogens is 553 g/mol. The number of phenols is 1. The first kappa shape index (κ1) is 31.9. The molecule has 4 amide bonds. The van der Waals surface area contributed by atoms with Crippen molar-refractivity contribution in [3.8, 4) is 5.75 Å².